The van der Waals surface area contributed by atoms with Crippen LogP contribution in [-0.2, 0) is 4.74 Å². The minimum absolute atomic E-state index is 0.721. The smallest absolute Gasteiger partial charge is 0.118 e. The van der Waals surface area contributed by atoms with Gasteiger partial charge in [-0.15, -0.1) is 0 Å². The highest BCUT2D eigenvalue weighted by Gasteiger charge is 2.10. The van der Waals surface area contributed by atoms with Gasteiger partial charge in [0.2, 0.25) is 0 Å². The topological polar surface area (TPSA) is 12.5 Å². The third-order valence-electron chi connectivity index (χ3n) is 3.06. The molecule has 1 aliphatic rings. The predicted molar refractivity (Wildman–Crippen MR) is 66.7 cm³/mol. The van der Waals surface area contributed by atoms with E-state index in [1.54, 1.807) is 0 Å². The van der Waals surface area contributed by atoms with E-state index in [1.807, 2.05) is 0 Å². The van der Waals surface area contributed by atoms with Crippen LogP contribution in [0.4, 0.5) is 5.69 Å². The molecule has 2 aromatic carbocycles. The summed E-state index contributed by atoms with van der Waals surface area (Å²) in [4.78, 5) is 2.29. The molecule has 0 spiro atoms. The molecule has 0 N–H and O–H groups in total. The molecule has 0 radical (unpaired) electrons. The third-order valence-corrected chi connectivity index (χ3v) is 3.06. The number of benzene rings is 2. The average Bonchev–Trinajstić information content (AvgIpc) is 2.39. The van der Waals surface area contributed by atoms with Gasteiger partial charge in [0.05, 0.1) is 6.61 Å². The van der Waals surface area contributed by atoms with Crippen molar-refractivity contribution in [2.45, 2.75) is 6.42 Å². The van der Waals surface area contributed by atoms with Crippen molar-refractivity contribution in [3.8, 4) is 0 Å². The van der Waals surface area contributed by atoms with E-state index in [0.29, 0.717) is 0 Å². The third kappa shape index (κ3) is 1.76. The van der Waals surface area contributed by atoms with Crippen LogP contribution in [-0.4, -0.2) is 19.9 Å². The Morgan fingerprint density at radius 3 is 2.69 bits per heavy atom. The summed E-state index contributed by atoms with van der Waals surface area (Å²) in [5.41, 5.74) is 1.26. The molecule has 0 aliphatic carbocycles. The van der Waals surface area contributed by atoms with E-state index in [-0.39, 0.29) is 0 Å². The van der Waals surface area contributed by atoms with Gasteiger partial charge in [-0.2, -0.15) is 0 Å². The Labute approximate surface area is 95.4 Å². The van der Waals surface area contributed by atoms with Crippen LogP contribution in [0.2, 0.25) is 0 Å². The van der Waals surface area contributed by atoms with Crippen LogP contribution >= 0.6 is 0 Å². The summed E-state index contributed by atoms with van der Waals surface area (Å²) < 4.78 is 5.47. The van der Waals surface area contributed by atoms with Gasteiger partial charge in [-0.05, 0) is 29.3 Å². The number of anilines is 1. The maximum atomic E-state index is 5.47. The molecule has 2 heteroatoms. The van der Waals surface area contributed by atoms with Crippen LogP contribution in [0.15, 0.2) is 42.5 Å². The Morgan fingerprint density at radius 1 is 1.00 bits per heavy atom. The van der Waals surface area contributed by atoms with Crippen LogP contribution in [0.5, 0.6) is 0 Å². The highest BCUT2D eigenvalue weighted by atomic mass is 16.5. The highest BCUT2D eigenvalue weighted by Crippen LogP contribution is 2.23. The Hall–Kier alpha value is -1.54. The number of hydrogen-bond acceptors (Lipinski definition) is 2. The van der Waals surface area contributed by atoms with Crippen molar-refractivity contribution < 1.29 is 4.74 Å². The normalized spacial score (nSPS) is 16.6. The van der Waals surface area contributed by atoms with Gasteiger partial charge >= 0.3 is 0 Å². The van der Waals surface area contributed by atoms with Gasteiger partial charge in [0.25, 0.3) is 0 Å². The molecule has 0 bridgehead atoms. The van der Waals surface area contributed by atoms with Crippen molar-refractivity contribution >= 4 is 16.5 Å². The van der Waals surface area contributed by atoms with Crippen molar-refractivity contribution in [2.24, 2.45) is 0 Å². The quantitative estimate of drug-likeness (QED) is 0.722. The highest BCUT2D eigenvalue weighted by molar-refractivity contribution is 5.85. The summed E-state index contributed by atoms with van der Waals surface area (Å²) in [6.45, 7) is 2.71. The molecule has 1 saturated heterocycles. The van der Waals surface area contributed by atoms with E-state index in [0.717, 1.165) is 26.3 Å². The van der Waals surface area contributed by atoms with Gasteiger partial charge in [0.15, 0.2) is 0 Å². The van der Waals surface area contributed by atoms with Crippen LogP contribution < -0.4 is 4.90 Å². The first-order valence-corrected chi connectivity index (χ1v) is 5.75. The summed E-state index contributed by atoms with van der Waals surface area (Å²) in [6, 6.07) is 15.1. The van der Waals surface area contributed by atoms with E-state index in [9.17, 15) is 0 Å². The standard InChI is InChI=1S/C14H15NO/c1-2-5-13-10-14(7-6-12(13)4-1)15-8-3-9-16-11-15/h1-2,4-7,10H,3,8-9,11H2. The molecule has 0 unspecified atom stereocenters. The minimum Gasteiger partial charge on any atom is -0.361 e. The molecular weight excluding hydrogens is 198 g/mol. The maximum absolute atomic E-state index is 5.47. The second-order valence-corrected chi connectivity index (χ2v) is 4.19. The molecule has 82 valence electrons. The monoisotopic (exact) mass is 213 g/mol. The molecule has 2 aromatic rings. The summed E-state index contributed by atoms with van der Waals surface area (Å²) in [5, 5.41) is 2.59. The van der Waals surface area contributed by atoms with Gasteiger partial charge in [-0.25, -0.2) is 0 Å². The summed E-state index contributed by atoms with van der Waals surface area (Å²) in [5.74, 6) is 0. The van der Waals surface area contributed by atoms with Crippen LogP contribution in [0.1, 0.15) is 6.42 Å². The van der Waals surface area contributed by atoms with E-state index >= 15 is 0 Å². The van der Waals surface area contributed by atoms with Crippen molar-refractivity contribution in [3.63, 3.8) is 0 Å². The number of rotatable bonds is 1. The van der Waals surface area contributed by atoms with Crippen molar-refractivity contribution in [3.05, 3.63) is 42.5 Å². The molecule has 0 atom stereocenters. The first-order chi connectivity index (χ1) is 7.93. The van der Waals surface area contributed by atoms with E-state index in [1.165, 1.54) is 16.5 Å². The lowest BCUT2D eigenvalue weighted by molar-refractivity contribution is 0.107. The number of fused-ring (bicyclic) bond motifs is 1. The molecule has 0 aromatic heterocycles. The molecule has 0 amide bonds. The van der Waals surface area contributed by atoms with Gasteiger partial charge in [0.1, 0.15) is 6.73 Å². The number of nitrogens with zero attached hydrogens (tertiary/aromatic N) is 1. The van der Waals surface area contributed by atoms with E-state index < -0.39 is 0 Å². The number of hydrogen-bond donors (Lipinski definition) is 0. The summed E-state index contributed by atoms with van der Waals surface area (Å²) in [7, 11) is 0. The fourth-order valence-electron chi connectivity index (χ4n) is 2.17. The number of ether oxygens (including phenoxy) is 1. The Balaban J connectivity index is 1.97. The van der Waals surface area contributed by atoms with E-state index in [4.69, 9.17) is 4.74 Å². The van der Waals surface area contributed by atoms with Crippen LogP contribution in [0, 0.1) is 0 Å². The minimum atomic E-state index is 0.721. The van der Waals surface area contributed by atoms with Crippen molar-refractivity contribution in [1.29, 1.82) is 0 Å². The molecule has 0 saturated carbocycles. The summed E-state index contributed by atoms with van der Waals surface area (Å²) in [6.07, 6.45) is 1.12. The average molecular weight is 213 g/mol. The Kier molecular flexibility index (Phi) is 2.50. The van der Waals surface area contributed by atoms with Crippen LogP contribution in [0.25, 0.3) is 10.8 Å². The zero-order chi connectivity index (χ0) is 10.8. The lowest BCUT2D eigenvalue weighted by Crippen LogP contribution is -2.32. The van der Waals surface area contributed by atoms with Gasteiger partial charge in [0, 0.05) is 12.2 Å². The molecule has 3 rings (SSSR count). The zero-order valence-corrected chi connectivity index (χ0v) is 9.23. The van der Waals surface area contributed by atoms with Crippen LogP contribution in [0.3, 0.4) is 0 Å². The molecule has 1 aliphatic heterocycles. The second-order valence-electron chi connectivity index (χ2n) is 4.19. The maximum Gasteiger partial charge on any atom is 0.118 e. The fraction of sp³-hybridized carbons (Fsp3) is 0.286. The fourth-order valence-corrected chi connectivity index (χ4v) is 2.17. The predicted octanol–water partition coefficient (Wildman–Crippen LogP) is 3.02. The lowest BCUT2D eigenvalue weighted by Gasteiger charge is -2.28. The van der Waals surface area contributed by atoms with Crippen molar-refractivity contribution in [1.82, 2.24) is 0 Å². The van der Waals surface area contributed by atoms with Gasteiger partial charge < -0.3 is 9.64 Å². The first-order valence-electron chi connectivity index (χ1n) is 5.75. The Bertz CT molecular complexity index is 489. The first kappa shape index (κ1) is 9.67. The summed E-state index contributed by atoms with van der Waals surface area (Å²) >= 11 is 0. The molecular formula is C14H15NO. The Morgan fingerprint density at radius 2 is 1.88 bits per heavy atom. The second kappa shape index (κ2) is 4.14. The molecule has 2 nitrogen and oxygen atoms in total. The van der Waals surface area contributed by atoms with Gasteiger partial charge in [-0.3, -0.25) is 0 Å². The van der Waals surface area contributed by atoms with E-state index in [2.05, 4.69) is 47.4 Å². The zero-order valence-electron chi connectivity index (χ0n) is 9.23. The SMILES string of the molecule is c1ccc2cc(N3CCCOC3)ccc2c1. The largest absolute Gasteiger partial charge is 0.361 e. The molecule has 1 fully saturated rings. The lowest BCUT2D eigenvalue weighted by atomic mass is 10.1. The molecule has 1 heterocycles. The van der Waals surface area contributed by atoms with Crippen molar-refractivity contribution in [2.75, 3.05) is 24.8 Å². The van der Waals surface area contributed by atoms with Gasteiger partial charge in [-0.1, -0.05) is 30.3 Å². The molecule has 16 heavy (non-hydrogen) atoms.